The van der Waals surface area contributed by atoms with Crippen LogP contribution in [-0.2, 0) is 19.4 Å². The lowest BCUT2D eigenvalue weighted by Gasteiger charge is -2.22. The highest BCUT2D eigenvalue weighted by Gasteiger charge is 2.33. The molecule has 0 saturated carbocycles. The summed E-state index contributed by atoms with van der Waals surface area (Å²) in [4.78, 5) is 11.9. The molecule has 1 unspecified atom stereocenters. The molecule has 0 bridgehead atoms. The van der Waals surface area contributed by atoms with E-state index in [0.717, 1.165) is 0 Å². The Kier molecular flexibility index (Phi) is 4.81. The van der Waals surface area contributed by atoms with Gasteiger partial charge in [-0.3, -0.25) is 4.79 Å². The number of sulfone groups is 1. The third kappa shape index (κ3) is 3.96. The van der Waals surface area contributed by atoms with Crippen molar-refractivity contribution in [3.05, 3.63) is 24.3 Å². The van der Waals surface area contributed by atoms with Gasteiger partial charge in [-0.1, -0.05) is 0 Å². The van der Waals surface area contributed by atoms with Crippen LogP contribution in [0.3, 0.4) is 0 Å². The molecule has 1 rings (SSSR count). The molecule has 0 aliphatic rings. The maximum Gasteiger partial charge on any atom is 0.324 e. The predicted molar refractivity (Wildman–Crippen MR) is 75.5 cm³/mol. The highest BCUT2D eigenvalue weighted by Crippen LogP contribution is 2.21. The molecule has 0 fully saturated rings. The number of benzene rings is 1. The molecule has 0 heterocycles. The summed E-state index contributed by atoms with van der Waals surface area (Å²) < 4.78 is 34.7. The number of hydrogen-bond donors (Lipinski definition) is 0. The number of carbonyl (C=O) groups is 1. The quantitative estimate of drug-likeness (QED) is 0.797. The van der Waals surface area contributed by atoms with Crippen LogP contribution in [0.2, 0.25) is 0 Å². The van der Waals surface area contributed by atoms with Gasteiger partial charge >= 0.3 is 5.97 Å². The molecule has 0 aliphatic carbocycles. The average molecular weight is 300 g/mol. The molecule has 1 atom stereocenters. The number of hydrogen-bond acceptors (Lipinski definition) is 5. The Morgan fingerprint density at radius 2 is 1.65 bits per heavy atom. The fourth-order valence-electron chi connectivity index (χ4n) is 1.48. The first-order valence-electron chi connectivity index (χ1n) is 6.19. The van der Waals surface area contributed by atoms with Crippen molar-refractivity contribution in [1.82, 2.24) is 0 Å². The van der Waals surface area contributed by atoms with Crippen molar-refractivity contribution in [3.63, 3.8) is 0 Å². The van der Waals surface area contributed by atoms with E-state index >= 15 is 0 Å². The molecule has 1 aromatic carbocycles. The van der Waals surface area contributed by atoms with E-state index in [1.165, 1.54) is 38.3 Å². The van der Waals surface area contributed by atoms with Crippen LogP contribution in [0.5, 0.6) is 5.75 Å². The van der Waals surface area contributed by atoms with Crippen LogP contribution in [-0.4, -0.2) is 32.3 Å². The van der Waals surface area contributed by atoms with E-state index in [-0.39, 0.29) is 4.90 Å². The standard InChI is InChI=1S/C14H20O5S/c1-10(13(15)19-14(2,3)4)20(16,17)12-8-6-11(18-5)7-9-12/h6-10H,1-5H3. The van der Waals surface area contributed by atoms with Crippen molar-refractivity contribution in [1.29, 1.82) is 0 Å². The zero-order chi connectivity index (χ0) is 15.6. The van der Waals surface area contributed by atoms with Crippen LogP contribution >= 0.6 is 0 Å². The highest BCUT2D eigenvalue weighted by atomic mass is 32.2. The normalized spacial score (nSPS) is 13.7. The van der Waals surface area contributed by atoms with E-state index in [0.29, 0.717) is 5.75 Å². The van der Waals surface area contributed by atoms with E-state index in [4.69, 9.17) is 9.47 Å². The summed E-state index contributed by atoms with van der Waals surface area (Å²) in [5, 5.41) is -1.25. The van der Waals surface area contributed by atoms with Gasteiger partial charge in [0.25, 0.3) is 0 Å². The van der Waals surface area contributed by atoms with Gasteiger partial charge < -0.3 is 9.47 Å². The lowest BCUT2D eigenvalue weighted by Crippen LogP contribution is -2.35. The fraction of sp³-hybridized carbons (Fsp3) is 0.500. The smallest absolute Gasteiger partial charge is 0.324 e. The molecule has 112 valence electrons. The Balaban J connectivity index is 3.00. The van der Waals surface area contributed by atoms with E-state index < -0.39 is 26.7 Å². The fourth-order valence-corrected chi connectivity index (χ4v) is 2.71. The van der Waals surface area contributed by atoms with Gasteiger partial charge in [0.2, 0.25) is 0 Å². The molecule has 0 radical (unpaired) electrons. The summed E-state index contributed by atoms with van der Waals surface area (Å²) in [5.41, 5.74) is -0.721. The third-order valence-electron chi connectivity index (χ3n) is 2.59. The van der Waals surface area contributed by atoms with Crippen LogP contribution in [0.25, 0.3) is 0 Å². The van der Waals surface area contributed by atoms with Crippen LogP contribution in [0.4, 0.5) is 0 Å². The summed E-state index contributed by atoms with van der Waals surface area (Å²) >= 11 is 0. The zero-order valence-corrected chi connectivity index (χ0v) is 13.2. The van der Waals surface area contributed by atoms with Crippen LogP contribution in [0.1, 0.15) is 27.7 Å². The van der Waals surface area contributed by atoms with Gasteiger partial charge in [-0.05, 0) is 52.0 Å². The molecule has 0 N–H and O–H groups in total. The maximum atomic E-state index is 12.3. The lowest BCUT2D eigenvalue weighted by atomic mass is 10.2. The summed E-state index contributed by atoms with van der Waals surface area (Å²) in [6.45, 7) is 6.40. The number of carbonyl (C=O) groups excluding carboxylic acids is 1. The second kappa shape index (κ2) is 5.83. The highest BCUT2D eigenvalue weighted by molar-refractivity contribution is 7.92. The first kappa shape index (κ1) is 16.5. The summed E-state index contributed by atoms with van der Waals surface area (Å²) in [5.74, 6) is -0.206. The van der Waals surface area contributed by atoms with Crippen LogP contribution in [0, 0.1) is 0 Å². The summed E-state index contributed by atoms with van der Waals surface area (Å²) in [6, 6.07) is 5.90. The topological polar surface area (TPSA) is 69.7 Å². The SMILES string of the molecule is COc1ccc(S(=O)(=O)C(C)C(=O)OC(C)(C)C)cc1. The van der Waals surface area contributed by atoms with E-state index in [1.54, 1.807) is 20.8 Å². The Labute approximate surface area is 119 Å². The zero-order valence-electron chi connectivity index (χ0n) is 12.3. The van der Waals surface area contributed by atoms with Crippen molar-refractivity contribution >= 4 is 15.8 Å². The average Bonchev–Trinajstić information content (AvgIpc) is 2.35. The van der Waals surface area contributed by atoms with E-state index in [1.807, 2.05) is 0 Å². The molecular formula is C14H20O5S. The Morgan fingerprint density at radius 1 is 1.15 bits per heavy atom. The number of rotatable bonds is 4. The van der Waals surface area contributed by atoms with Gasteiger partial charge in [0.15, 0.2) is 15.1 Å². The van der Waals surface area contributed by atoms with Gasteiger partial charge in [-0.2, -0.15) is 0 Å². The molecule has 20 heavy (non-hydrogen) atoms. The van der Waals surface area contributed by atoms with Gasteiger partial charge in [0.1, 0.15) is 11.4 Å². The second-order valence-electron chi connectivity index (χ2n) is 5.40. The molecule has 0 aliphatic heterocycles. The number of methoxy groups -OCH3 is 1. The largest absolute Gasteiger partial charge is 0.497 e. The first-order valence-corrected chi connectivity index (χ1v) is 7.73. The first-order chi connectivity index (χ1) is 9.08. The molecule has 1 aromatic rings. The van der Waals surface area contributed by atoms with Gasteiger partial charge in [0.05, 0.1) is 12.0 Å². The minimum Gasteiger partial charge on any atom is -0.497 e. The van der Waals surface area contributed by atoms with Crippen molar-refractivity contribution in [3.8, 4) is 5.75 Å². The van der Waals surface area contributed by atoms with Gasteiger partial charge in [-0.15, -0.1) is 0 Å². The monoisotopic (exact) mass is 300 g/mol. The van der Waals surface area contributed by atoms with Crippen molar-refractivity contribution < 1.29 is 22.7 Å². The molecule has 5 nitrogen and oxygen atoms in total. The molecular weight excluding hydrogens is 280 g/mol. The molecule has 0 spiro atoms. The third-order valence-corrected chi connectivity index (χ3v) is 4.64. The van der Waals surface area contributed by atoms with E-state index in [2.05, 4.69) is 0 Å². The molecule has 0 saturated heterocycles. The Hall–Kier alpha value is -1.56. The Bertz CT molecular complexity index is 567. The minimum atomic E-state index is -3.77. The maximum absolute atomic E-state index is 12.3. The molecule has 0 aromatic heterocycles. The number of esters is 1. The minimum absolute atomic E-state index is 0.0664. The van der Waals surface area contributed by atoms with E-state index in [9.17, 15) is 13.2 Å². The molecule has 0 amide bonds. The number of ether oxygens (including phenoxy) is 2. The van der Waals surface area contributed by atoms with Crippen molar-refractivity contribution in [2.24, 2.45) is 0 Å². The Morgan fingerprint density at radius 3 is 2.05 bits per heavy atom. The summed E-state index contributed by atoms with van der Waals surface area (Å²) in [6.07, 6.45) is 0. The second-order valence-corrected chi connectivity index (χ2v) is 7.66. The van der Waals surface area contributed by atoms with Crippen LogP contribution < -0.4 is 4.74 Å². The lowest BCUT2D eigenvalue weighted by molar-refractivity contribution is -0.153. The van der Waals surface area contributed by atoms with Gasteiger partial charge in [-0.25, -0.2) is 8.42 Å². The van der Waals surface area contributed by atoms with Crippen molar-refractivity contribution in [2.45, 2.75) is 43.4 Å². The van der Waals surface area contributed by atoms with Crippen molar-refractivity contribution in [2.75, 3.05) is 7.11 Å². The van der Waals surface area contributed by atoms with Gasteiger partial charge in [0, 0.05) is 0 Å². The van der Waals surface area contributed by atoms with Crippen LogP contribution in [0.15, 0.2) is 29.2 Å². The summed E-state index contributed by atoms with van der Waals surface area (Å²) in [7, 11) is -2.27. The molecule has 6 heteroatoms. The predicted octanol–water partition coefficient (Wildman–Crippen LogP) is 2.20.